The van der Waals surface area contributed by atoms with Crippen molar-refractivity contribution < 1.29 is 23.5 Å². The van der Waals surface area contributed by atoms with Crippen LogP contribution in [0.4, 0.5) is 4.39 Å². The van der Waals surface area contributed by atoms with Crippen molar-refractivity contribution in [3.63, 3.8) is 0 Å². The number of esters is 1. The Kier molecular flexibility index (Phi) is 7.67. The molecule has 0 fully saturated rings. The lowest BCUT2D eigenvalue weighted by atomic mass is 9.84. The molecule has 4 rings (SSSR count). The zero-order valence-corrected chi connectivity index (χ0v) is 21.1. The lowest BCUT2D eigenvalue weighted by Crippen LogP contribution is -2.36. The first-order chi connectivity index (χ1) is 17.3. The summed E-state index contributed by atoms with van der Waals surface area (Å²) in [7, 11) is 1.57. The van der Waals surface area contributed by atoms with E-state index in [0.717, 1.165) is 33.4 Å². The highest BCUT2D eigenvalue weighted by molar-refractivity contribution is 5.94. The molecule has 0 spiro atoms. The zero-order valence-electron chi connectivity index (χ0n) is 21.1. The molecule has 1 aromatic heterocycles. The fraction of sp³-hybridized carbons (Fsp3) is 0.345. The summed E-state index contributed by atoms with van der Waals surface area (Å²) in [6.45, 7) is 6.80. The molecule has 0 radical (unpaired) electrons. The molecule has 1 aliphatic rings. The topological polar surface area (TPSA) is 68.7 Å². The third-order valence-electron chi connectivity index (χ3n) is 6.67. The van der Waals surface area contributed by atoms with Gasteiger partial charge in [-0.25, -0.2) is 9.37 Å². The molecule has 1 amide bonds. The lowest BCUT2D eigenvalue weighted by molar-refractivity contribution is -0.143. The Morgan fingerprint density at radius 3 is 2.64 bits per heavy atom. The average molecular weight is 491 g/mol. The number of amides is 1. The van der Waals surface area contributed by atoms with Gasteiger partial charge in [0.15, 0.2) is 0 Å². The number of pyridine rings is 1. The second-order valence-corrected chi connectivity index (χ2v) is 9.13. The van der Waals surface area contributed by atoms with Crippen molar-refractivity contribution in [2.75, 3.05) is 20.3 Å². The molecular formula is C29H31FN2O4. The van der Waals surface area contributed by atoms with Crippen LogP contribution >= 0.6 is 0 Å². The van der Waals surface area contributed by atoms with Crippen molar-refractivity contribution >= 4 is 11.9 Å². The summed E-state index contributed by atoms with van der Waals surface area (Å²) < 4.78 is 24.9. The number of benzene rings is 2. The highest BCUT2D eigenvalue weighted by Gasteiger charge is 2.27. The molecule has 2 heterocycles. The van der Waals surface area contributed by atoms with Crippen LogP contribution in [0.25, 0.3) is 0 Å². The van der Waals surface area contributed by atoms with Crippen molar-refractivity contribution in [2.45, 2.75) is 46.1 Å². The first-order valence-corrected chi connectivity index (χ1v) is 12.1. The van der Waals surface area contributed by atoms with Gasteiger partial charge in [-0.2, -0.15) is 0 Å². The van der Waals surface area contributed by atoms with E-state index in [1.807, 2.05) is 26.0 Å². The maximum Gasteiger partial charge on any atom is 0.306 e. The molecule has 0 bridgehead atoms. The van der Waals surface area contributed by atoms with Gasteiger partial charge >= 0.3 is 5.97 Å². The second kappa shape index (κ2) is 10.9. The van der Waals surface area contributed by atoms with Gasteiger partial charge in [0.25, 0.3) is 5.91 Å². The number of carbonyl (C=O) groups excluding carboxylic acids is 2. The monoisotopic (exact) mass is 490 g/mol. The molecule has 1 aliphatic heterocycles. The molecule has 0 saturated carbocycles. The summed E-state index contributed by atoms with van der Waals surface area (Å²) in [5.74, 6) is -0.878. The molecule has 6 nitrogen and oxygen atoms in total. The molecule has 36 heavy (non-hydrogen) atoms. The van der Waals surface area contributed by atoms with Gasteiger partial charge in [-0.05, 0) is 67.1 Å². The number of methoxy groups -OCH3 is 1. The highest BCUT2D eigenvalue weighted by atomic mass is 19.1. The quantitative estimate of drug-likeness (QED) is 0.430. The number of hydrogen-bond acceptors (Lipinski definition) is 5. The van der Waals surface area contributed by atoms with Crippen LogP contribution < -0.4 is 4.74 Å². The molecule has 1 unspecified atom stereocenters. The SMILES string of the molecule is CCOC(=O)CC(c1ccc2c(c1)CN(C(=O)c1cc(C)ccc1F)CC2)c1cnc(OC)cc1C. The van der Waals surface area contributed by atoms with Crippen LogP contribution in [0.5, 0.6) is 5.88 Å². The van der Waals surface area contributed by atoms with E-state index in [0.29, 0.717) is 32.0 Å². The van der Waals surface area contributed by atoms with Crippen LogP contribution in [0.2, 0.25) is 0 Å². The van der Waals surface area contributed by atoms with Gasteiger partial charge in [-0.15, -0.1) is 0 Å². The number of ether oxygens (including phenoxy) is 2. The van der Waals surface area contributed by atoms with Gasteiger partial charge in [0.05, 0.1) is 25.7 Å². The number of carbonyl (C=O) groups is 2. The fourth-order valence-electron chi connectivity index (χ4n) is 4.75. The van der Waals surface area contributed by atoms with E-state index in [1.54, 1.807) is 37.3 Å². The Labute approximate surface area is 211 Å². The Morgan fingerprint density at radius 2 is 1.92 bits per heavy atom. The van der Waals surface area contributed by atoms with E-state index in [4.69, 9.17) is 9.47 Å². The largest absolute Gasteiger partial charge is 0.481 e. The van der Waals surface area contributed by atoms with Gasteiger partial charge in [0, 0.05) is 31.3 Å². The Morgan fingerprint density at radius 1 is 1.11 bits per heavy atom. The van der Waals surface area contributed by atoms with Gasteiger partial charge in [-0.3, -0.25) is 9.59 Å². The van der Waals surface area contributed by atoms with Gasteiger partial charge in [0.2, 0.25) is 5.88 Å². The lowest BCUT2D eigenvalue weighted by Gasteiger charge is -2.30. The van der Waals surface area contributed by atoms with E-state index < -0.39 is 5.82 Å². The fourth-order valence-corrected chi connectivity index (χ4v) is 4.75. The summed E-state index contributed by atoms with van der Waals surface area (Å²) >= 11 is 0. The summed E-state index contributed by atoms with van der Waals surface area (Å²) in [4.78, 5) is 31.7. The summed E-state index contributed by atoms with van der Waals surface area (Å²) in [6.07, 6.45) is 2.59. The second-order valence-electron chi connectivity index (χ2n) is 9.13. The molecule has 7 heteroatoms. The Balaban J connectivity index is 1.66. The molecule has 188 valence electrons. The number of aromatic nitrogens is 1. The van der Waals surface area contributed by atoms with Crippen molar-refractivity contribution in [1.29, 1.82) is 0 Å². The minimum atomic E-state index is -0.512. The van der Waals surface area contributed by atoms with Crippen LogP contribution in [0, 0.1) is 19.7 Å². The number of nitrogens with zero attached hydrogens (tertiary/aromatic N) is 2. The first kappa shape index (κ1) is 25.4. The molecule has 0 aliphatic carbocycles. The van der Waals surface area contributed by atoms with E-state index in [-0.39, 0.29) is 29.8 Å². The van der Waals surface area contributed by atoms with Crippen LogP contribution in [0.15, 0.2) is 48.7 Å². The summed E-state index contributed by atoms with van der Waals surface area (Å²) in [5, 5.41) is 0. The van der Waals surface area contributed by atoms with Crippen molar-refractivity contribution in [1.82, 2.24) is 9.88 Å². The van der Waals surface area contributed by atoms with E-state index in [2.05, 4.69) is 17.1 Å². The summed E-state index contributed by atoms with van der Waals surface area (Å²) in [5.41, 5.74) is 5.88. The molecular weight excluding hydrogens is 459 g/mol. The van der Waals surface area contributed by atoms with E-state index in [9.17, 15) is 14.0 Å². The van der Waals surface area contributed by atoms with E-state index in [1.165, 1.54) is 6.07 Å². The van der Waals surface area contributed by atoms with Crippen molar-refractivity contribution in [3.05, 3.63) is 93.4 Å². The molecule has 2 aromatic carbocycles. The predicted molar refractivity (Wildman–Crippen MR) is 135 cm³/mol. The third kappa shape index (κ3) is 5.40. The molecule has 3 aromatic rings. The zero-order chi connectivity index (χ0) is 25.8. The van der Waals surface area contributed by atoms with E-state index >= 15 is 0 Å². The van der Waals surface area contributed by atoms with Crippen LogP contribution in [-0.4, -0.2) is 42.0 Å². The van der Waals surface area contributed by atoms with Crippen LogP contribution in [0.1, 0.15) is 63.0 Å². The molecule has 0 N–H and O–H groups in total. The maximum absolute atomic E-state index is 14.4. The standard InChI is InChI=1S/C29H31FN2O4/c1-5-36-28(33)15-23(25-16-31-27(35-4)13-19(25)3)21-8-7-20-10-11-32(17-22(20)14-21)29(34)24-12-18(2)6-9-26(24)30/h6-9,12-14,16,23H,5,10-11,15,17H2,1-4H3. The van der Waals surface area contributed by atoms with Gasteiger partial charge in [0.1, 0.15) is 5.82 Å². The smallest absolute Gasteiger partial charge is 0.306 e. The van der Waals surface area contributed by atoms with Crippen molar-refractivity contribution in [2.24, 2.45) is 0 Å². The number of fused-ring (bicyclic) bond motifs is 1. The molecule has 1 atom stereocenters. The number of hydrogen-bond donors (Lipinski definition) is 0. The van der Waals surface area contributed by atoms with Gasteiger partial charge < -0.3 is 14.4 Å². The van der Waals surface area contributed by atoms with Crippen LogP contribution in [-0.2, 0) is 22.5 Å². The highest BCUT2D eigenvalue weighted by Crippen LogP contribution is 2.34. The van der Waals surface area contributed by atoms with Gasteiger partial charge in [-0.1, -0.05) is 29.8 Å². The normalized spacial score (nSPS) is 13.6. The predicted octanol–water partition coefficient (Wildman–Crippen LogP) is 5.13. The maximum atomic E-state index is 14.4. The third-order valence-corrected chi connectivity index (χ3v) is 6.67. The summed E-state index contributed by atoms with van der Waals surface area (Å²) in [6, 6.07) is 12.6. The number of aryl methyl sites for hydroxylation is 2. The van der Waals surface area contributed by atoms with Crippen LogP contribution in [0.3, 0.4) is 0 Å². The number of rotatable bonds is 7. The Bertz CT molecular complexity index is 1290. The number of halogens is 1. The average Bonchev–Trinajstić information content (AvgIpc) is 2.88. The first-order valence-electron chi connectivity index (χ1n) is 12.1. The molecule has 0 saturated heterocycles. The Hall–Kier alpha value is -3.74. The minimum absolute atomic E-state index is 0.0923. The van der Waals surface area contributed by atoms with Crippen molar-refractivity contribution in [3.8, 4) is 5.88 Å². The minimum Gasteiger partial charge on any atom is -0.481 e.